The number of rotatable bonds is 2. The molecule has 0 aromatic heterocycles. The number of halogens is 1. The Morgan fingerprint density at radius 1 is 0.944 bits per heavy atom. The summed E-state index contributed by atoms with van der Waals surface area (Å²) >= 11 is 4.01. The summed E-state index contributed by atoms with van der Waals surface area (Å²) in [4.78, 5) is 0.552. The number of alkyl halides is 1. The van der Waals surface area contributed by atoms with Gasteiger partial charge in [-0.05, 0) is 56.2 Å². The van der Waals surface area contributed by atoms with E-state index in [1.54, 1.807) is 5.56 Å². The molecule has 1 heteroatoms. The van der Waals surface area contributed by atoms with E-state index in [1.165, 1.54) is 55.2 Å². The minimum Gasteiger partial charge on any atom is -0.0836 e. The van der Waals surface area contributed by atoms with Crippen molar-refractivity contribution >= 4 is 15.9 Å². The lowest BCUT2D eigenvalue weighted by Gasteiger charge is -2.25. The molecule has 1 aromatic carbocycles. The average molecular weight is 309 g/mol. The fourth-order valence-electron chi connectivity index (χ4n) is 3.47. The van der Waals surface area contributed by atoms with Crippen molar-refractivity contribution in [1.82, 2.24) is 0 Å². The molecule has 1 unspecified atom stereocenters. The Labute approximate surface area is 120 Å². The summed E-state index contributed by atoms with van der Waals surface area (Å²) < 4.78 is 0. The molecule has 100 valence electrons. The van der Waals surface area contributed by atoms with E-state index in [1.807, 2.05) is 0 Å². The van der Waals surface area contributed by atoms with E-state index in [4.69, 9.17) is 0 Å². The summed E-state index contributed by atoms with van der Waals surface area (Å²) in [6.07, 6.45) is 8.48. The highest BCUT2D eigenvalue weighted by Gasteiger charge is 2.24. The first-order valence-electron chi connectivity index (χ1n) is 7.31. The highest BCUT2D eigenvalue weighted by Crippen LogP contribution is 2.41. The van der Waals surface area contributed by atoms with E-state index in [-0.39, 0.29) is 0 Å². The Balaban J connectivity index is 2.24. The second-order valence-corrected chi connectivity index (χ2v) is 6.95. The van der Waals surface area contributed by atoms with E-state index in [0.29, 0.717) is 4.83 Å². The number of aryl methyl sites for hydroxylation is 3. The quantitative estimate of drug-likeness (QED) is 0.463. The number of benzene rings is 1. The van der Waals surface area contributed by atoms with Gasteiger partial charge in [-0.1, -0.05) is 59.3 Å². The van der Waals surface area contributed by atoms with Crippen LogP contribution >= 0.6 is 15.9 Å². The SMILES string of the molecule is Cc1cc(C)c(C(Br)C2CCCCCC2)c(C)c1. The maximum Gasteiger partial charge on any atom is 0.0428 e. The molecule has 2 rings (SSSR count). The van der Waals surface area contributed by atoms with Crippen LogP contribution in [0.15, 0.2) is 12.1 Å². The maximum absolute atomic E-state index is 4.01. The normalized spacial score (nSPS) is 19.6. The highest BCUT2D eigenvalue weighted by molar-refractivity contribution is 9.09. The van der Waals surface area contributed by atoms with E-state index in [9.17, 15) is 0 Å². The largest absolute Gasteiger partial charge is 0.0836 e. The zero-order chi connectivity index (χ0) is 13.1. The van der Waals surface area contributed by atoms with E-state index in [2.05, 4.69) is 48.8 Å². The predicted molar refractivity (Wildman–Crippen MR) is 83.5 cm³/mol. The summed E-state index contributed by atoms with van der Waals surface area (Å²) in [7, 11) is 0. The first-order valence-corrected chi connectivity index (χ1v) is 8.23. The van der Waals surface area contributed by atoms with E-state index < -0.39 is 0 Å². The van der Waals surface area contributed by atoms with Crippen LogP contribution in [0.4, 0.5) is 0 Å². The number of hydrogen-bond donors (Lipinski definition) is 0. The van der Waals surface area contributed by atoms with Crippen molar-refractivity contribution < 1.29 is 0 Å². The van der Waals surface area contributed by atoms with Crippen LogP contribution in [-0.2, 0) is 0 Å². The minimum absolute atomic E-state index is 0.552. The molecule has 0 nitrogen and oxygen atoms in total. The molecule has 0 amide bonds. The van der Waals surface area contributed by atoms with Gasteiger partial charge in [-0.15, -0.1) is 0 Å². The van der Waals surface area contributed by atoms with Gasteiger partial charge < -0.3 is 0 Å². The third-order valence-corrected chi connectivity index (χ3v) is 5.53. The molecule has 1 aliphatic rings. The smallest absolute Gasteiger partial charge is 0.0428 e. The molecule has 18 heavy (non-hydrogen) atoms. The zero-order valence-corrected chi connectivity index (χ0v) is 13.5. The van der Waals surface area contributed by atoms with Gasteiger partial charge in [0.05, 0.1) is 0 Å². The molecule has 1 aliphatic carbocycles. The van der Waals surface area contributed by atoms with Crippen molar-refractivity contribution in [2.24, 2.45) is 5.92 Å². The first-order chi connectivity index (χ1) is 8.59. The Morgan fingerprint density at radius 3 is 1.94 bits per heavy atom. The van der Waals surface area contributed by atoms with Crippen molar-refractivity contribution in [2.45, 2.75) is 64.1 Å². The fourth-order valence-corrected chi connectivity index (χ4v) is 4.72. The molecule has 0 spiro atoms. The molecule has 0 bridgehead atoms. The van der Waals surface area contributed by atoms with Crippen molar-refractivity contribution in [3.05, 3.63) is 34.4 Å². The topological polar surface area (TPSA) is 0 Å². The summed E-state index contributed by atoms with van der Waals surface area (Å²) in [5.74, 6) is 0.826. The average Bonchev–Trinajstić information content (AvgIpc) is 2.55. The summed E-state index contributed by atoms with van der Waals surface area (Å²) in [5, 5.41) is 0. The summed E-state index contributed by atoms with van der Waals surface area (Å²) in [5.41, 5.74) is 5.85. The van der Waals surface area contributed by atoms with Gasteiger partial charge >= 0.3 is 0 Å². The lowest BCUT2D eigenvalue weighted by atomic mass is 9.87. The van der Waals surface area contributed by atoms with Gasteiger partial charge in [0.25, 0.3) is 0 Å². The third kappa shape index (κ3) is 3.17. The third-order valence-electron chi connectivity index (χ3n) is 4.33. The standard InChI is InChI=1S/C17H25Br/c1-12-10-13(2)16(14(3)11-12)17(18)15-8-6-4-5-7-9-15/h10-11,15,17H,4-9H2,1-3H3. The predicted octanol–water partition coefficient (Wildman–Crippen LogP) is 6.02. The highest BCUT2D eigenvalue weighted by atomic mass is 79.9. The van der Waals surface area contributed by atoms with Gasteiger partial charge in [0.15, 0.2) is 0 Å². The van der Waals surface area contributed by atoms with E-state index >= 15 is 0 Å². The monoisotopic (exact) mass is 308 g/mol. The van der Waals surface area contributed by atoms with Crippen LogP contribution < -0.4 is 0 Å². The second kappa shape index (κ2) is 6.23. The van der Waals surface area contributed by atoms with Crippen molar-refractivity contribution in [2.75, 3.05) is 0 Å². The van der Waals surface area contributed by atoms with Gasteiger partial charge in [0.2, 0.25) is 0 Å². The molecule has 0 radical (unpaired) electrons. The van der Waals surface area contributed by atoms with Gasteiger partial charge in [0, 0.05) is 4.83 Å². The Morgan fingerprint density at radius 2 is 1.44 bits per heavy atom. The van der Waals surface area contributed by atoms with Gasteiger partial charge in [0.1, 0.15) is 0 Å². The molecule has 0 N–H and O–H groups in total. The van der Waals surface area contributed by atoms with Gasteiger partial charge in [-0.25, -0.2) is 0 Å². The Bertz CT molecular complexity index is 377. The molecule has 1 saturated carbocycles. The van der Waals surface area contributed by atoms with Crippen LogP contribution in [0.5, 0.6) is 0 Å². The molecule has 1 fully saturated rings. The van der Waals surface area contributed by atoms with Crippen molar-refractivity contribution in [3.63, 3.8) is 0 Å². The lowest BCUT2D eigenvalue weighted by molar-refractivity contribution is 0.453. The first kappa shape index (κ1) is 14.1. The van der Waals surface area contributed by atoms with Gasteiger partial charge in [-0.3, -0.25) is 0 Å². The van der Waals surface area contributed by atoms with Crippen LogP contribution in [0.25, 0.3) is 0 Å². The molecule has 1 atom stereocenters. The summed E-state index contributed by atoms with van der Waals surface area (Å²) in [6, 6.07) is 4.65. The zero-order valence-electron chi connectivity index (χ0n) is 11.9. The fraction of sp³-hybridized carbons (Fsp3) is 0.647. The van der Waals surface area contributed by atoms with Crippen LogP contribution in [0.3, 0.4) is 0 Å². The lowest BCUT2D eigenvalue weighted by Crippen LogP contribution is -2.10. The van der Waals surface area contributed by atoms with Gasteiger partial charge in [-0.2, -0.15) is 0 Å². The van der Waals surface area contributed by atoms with Crippen LogP contribution in [0.2, 0.25) is 0 Å². The molecule has 1 aromatic rings. The number of hydrogen-bond acceptors (Lipinski definition) is 0. The molecular weight excluding hydrogens is 284 g/mol. The molecule has 0 aliphatic heterocycles. The van der Waals surface area contributed by atoms with E-state index in [0.717, 1.165) is 5.92 Å². The Hall–Kier alpha value is -0.300. The Kier molecular flexibility index (Phi) is 4.89. The molecular formula is C17H25Br. The molecule has 0 saturated heterocycles. The van der Waals surface area contributed by atoms with Crippen LogP contribution in [0.1, 0.15) is 65.6 Å². The molecule has 0 heterocycles. The van der Waals surface area contributed by atoms with Crippen LogP contribution in [-0.4, -0.2) is 0 Å². The van der Waals surface area contributed by atoms with Crippen molar-refractivity contribution in [1.29, 1.82) is 0 Å². The second-order valence-electron chi connectivity index (χ2n) is 5.97. The van der Waals surface area contributed by atoms with Crippen molar-refractivity contribution in [3.8, 4) is 0 Å². The van der Waals surface area contributed by atoms with Crippen LogP contribution in [0, 0.1) is 26.7 Å². The summed E-state index contributed by atoms with van der Waals surface area (Å²) in [6.45, 7) is 6.72. The minimum atomic E-state index is 0.552. The maximum atomic E-state index is 4.01.